The van der Waals surface area contributed by atoms with Gasteiger partial charge in [0.15, 0.2) is 0 Å². The highest BCUT2D eigenvalue weighted by Crippen LogP contribution is 2.50. The predicted octanol–water partition coefficient (Wildman–Crippen LogP) is 2.97. The summed E-state index contributed by atoms with van der Waals surface area (Å²) in [6, 6.07) is 0.609. The number of ether oxygens (including phenoxy) is 1. The Kier molecular flexibility index (Phi) is 4.19. The predicted molar refractivity (Wildman–Crippen MR) is 65.1 cm³/mol. The quantitative estimate of drug-likeness (QED) is 0.702. The van der Waals surface area contributed by atoms with E-state index in [2.05, 4.69) is 33.0 Å². The molecule has 2 heteroatoms. The highest BCUT2D eigenvalue weighted by atomic mass is 16.5. The van der Waals surface area contributed by atoms with Crippen LogP contribution in [0.3, 0.4) is 0 Å². The minimum atomic E-state index is 0.0490. The van der Waals surface area contributed by atoms with E-state index in [-0.39, 0.29) is 5.60 Å². The molecule has 1 saturated carbocycles. The zero-order chi connectivity index (χ0) is 11.5. The molecule has 15 heavy (non-hydrogen) atoms. The molecule has 1 aliphatic rings. The summed E-state index contributed by atoms with van der Waals surface area (Å²) < 4.78 is 5.47. The molecule has 0 aromatic rings. The maximum atomic E-state index is 5.47. The van der Waals surface area contributed by atoms with Gasteiger partial charge >= 0.3 is 0 Å². The van der Waals surface area contributed by atoms with Crippen LogP contribution in [-0.4, -0.2) is 25.3 Å². The van der Waals surface area contributed by atoms with Crippen LogP contribution in [0, 0.1) is 5.41 Å². The van der Waals surface area contributed by atoms with Crippen LogP contribution in [0.5, 0.6) is 0 Å². The summed E-state index contributed by atoms with van der Waals surface area (Å²) in [5.41, 5.74) is 0.646. The maximum absolute atomic E-state index is 5.47. The molecule has 0 aliphatic heterocycles. The molecule has 0 spiro atoms. The summed E-state index contributed by atoms with van der Waals surface area (Å²) in [4.78, 5) is 0. The third-order valence-electron chi connectivity index (χ3n) is 3.65. The zero-order valence-electron chi connectivity index (χ0n) is 11.0. The fourth-order valence-corrected chi connectivity index (χ4v) is 1.78. The van der Waals surface area contributed by atoms with E-state index < -0.39 is 0 Å². The first-order valence-corrected chi connectivity index (χ1v) is 6.18. The molecule has 0 radical (unpaired) electrons. The van der Waals surface area contributed by atoms with Gasteiger partial charge in [-0.1, -0.05) is 13.8 Å². The Balaban J connectivity index is 2.25. The molecule has 90 valence electrons. The van der Waals surface area contributed by atoms with Crippen LogP contribution >= 0.6 is 0 Å². The minimum absolute atomic E-state index is 0.0490. The van der Waals surface area contributed by atoms with E-state index in [1.54, 1.807) is 0 Å². The second-order valence-electron chi connectivity index (χ2n) is 6.00. The molecular weight excluding hydrogens is 186 g/mol. The van der Waals surface area contributed by atoms with Gasteiger partial charge in [0.05, 0.1) is 5.60 Å². The van der Waals surface area contributed by atoms with Crippen LogP contribution in [0.2, 0.25) is 0 Å². The first-order valence-electron chi connectivity index (χ1n) is 6.18. The van der Waals surface area contributed by atoms with Gasteiger partial charge in [0.2, 0.25) is 0 Å². The Morgan fingerprint density at radius 2 is 1.93 bits per heavy atom. The lowest BCUT2D eigenvalue weighted by atomic mass is 9.92. The van der Waals surface area contributed by atoms with E-state index in [1.165, 1.54) is 32.2 Å². The molecule has 0 saturated heterocycles. The molecule has 0 heterocycles. The SMILES string of the molecule is COC(C)(C)CCC1(CNC(C)C)CC1. The van der Waals surface area contributed by atoms with Crippen LogP contribution < -0.4 is 5.32 Å². The van der Waals surface area contributed by atoms with Crippen molar-refractivity contribution in [3.8, 4) is 0 Å². The van der Waals surface area contributed by atoms with Crippen LogP contribution in [0.4, 0.5) is 0 Å². The van der Waals surface area contributed by atoms with Crippen molar-refractivity contribution in [1.82, 2.24) is 5.32 Å². The number of hydrogen-bond donors (Lipinski definition) is 1. The maximum Gasteiger partial charge on any atom is 0.0623 e. The monoisotopic (exact) mass is 213 g/mol. The van der Waals surface area contributed by atoms with Crippen LogP contribution in [0.15, 0.2) is 0 Å². The molecule has 2 nitrogen and oxygen atoms in total. The van der Waals surface area contributed by atoms with Gasteiger partial charge < -0.3 is 10.1 Å². The molecule has 0 bridgehead atoms. The summed E-state index contributed by atoms with van der Waals surface area (Å²) in [6.45, 7) is 9.98. The average molecular weight is 213 g/mol. The van der Waals surface area contributed by atoms with Gasteiger partial charge in [0.25, 0.3) is 0 Å². The van der Waals surface area contributed by atoms with E-state index >= 15 is 0 Å². The van der Waals surface area contributed by atoms with Crippen molar-refractivity contribution in [2.75, 3.05) is 13.7 Å². The van der Waals surface area contributed by atoms with E-state index in [1.807, 2.05) is 7.11 Å². The largest absolute Gasteiger partial charge is 0.379 e. The standard InChI is InChI=1S/C13H27NO/c1-11(2)14-10-13(8-9-13)7-6-12(3,4)15-5/h11,14H,6-10H2,1-5H3. The van der Waals surface area contributed by atoms with Crippen LogP contribution in [0.1, 0.15) is 53.4 Å². The topological polar surface area (TPSA) is 21.3 Å². The highest BCUT2D eigenvalue weighted by molar-refractivity contribution is 4.96. The minimum Gasteiger partial charge on any atom is -0.379 e. The number of rotatable bonds is 7. The normalized spacial score (nSPS) is 19.6. The van der Waals surface area contributed by atoms with E-state index in [0.29, 0.717) is 11.5 Å². The molecular formula is C13H27NO. The van der Waals surface area contributed by atoms with Crippen molar-refractivity contribution in [3.63, 3.8) is 0 Å². The van der Waals surface area contributed by atoms with Crippen molar-refractivity contribution in [3.05, 3.63) is 0 Å². The first kappa shape index (κ1) is 13.0. The molecule has 0 unspecified atom stereocenters. The lowest BCUT2D eigenvalue weighted by molar-refractivity contribution is 0.00920. The van der Waals surface area contributed by atoms with Crippen LogP contribution in [0.25, 0.3) is 0 Å². The van der Waals surface area contributed by atoms with Gasteiger partial charge in [-0.3, -0.25) is 0 Å². The first-order chi connectivity index (χ1) is 6.89. The second-order valence-corrected chi connectivity index (χ2v) is 6.00. The smallest absolute Gasteiger partial charge is 0.0623 e. The number of nitrogens with one attached hydrogen (secondary N) is 1. The molecule has 0 amide bonds. The molecule has 1 aliphatic carbocycles. The van der Waals surface area contributed by atoms with Crippen molar-refractivity contribution in [2.24, 2.45) is 5.41 Å². The third-order valence-corrected chi connectivity index (χ3v) is 3.65. The van der Waals surface area contributed by atoms with E-state index in [4.69, 9.17) is 4.74 Å². The molecule has 0 aromatic heterocycles. The molecule has 0 aromatic carbocycles. The van der Waals surface area contributed by atoms with Crippen LogP contribution in [-0.2, 0) is 4.74 Å². The van der Waals surface area contributed by atoms with Gasteiger partial charge in [0, 0.05) is 19.7 Å². The Morgan fingerprint density at radius 3 is 2.33 bits per heavy atom. The van der Waals surface area contributed by atoms with Gasteiger partial charge in [0.1, 0.15) is 0 Å². The number of methoxy groups -OCH3 is 1. The summed E-state index contributed by atoms with van der Waals surface area (Å²) >= 11 is 0. The highest BCUT2D eigenvalue weighted by Gasteiger charge is 2.42. The van der Waals surface area contributed by atoms with Crippen molar-refractivity contribution >= 4 is 0 Å². The van der Waals surface area contributed by atoms with Gasteiger partial charge in [-0.05, 0) is 44.9 Å². The summed E-state index contributed by atoms with van der Waals surface area (Å²) in [6.07, 6.45) is 5.26. The molecule has 1 N–H and O–H groups in total. The lowest BCUT2D eigenvalue weighted by Crippen LogP contribution is -2.31. The Labute approximate surface area is 94.8 Å². The number of hydrogen-bond acceptors (Lipinski definition) is 2. The average Bonchev–Trinajstić information content (AvgIpc) is 2.93. The van der Waals surface area contributed by atoms with E-state index in [9.17, 15) is 0 Å². The Hall–Kier alpha value is -0.0800. The van der Waals surface area contributed by atoms with Gasteiger partial charge in [-0.2, -0.15) is 0 Å². The second kappa shape index (κ2) is 4.84. The summed E-state index contributed by atoms with van der Waals surface area (Å²) in [5.74, 6) is 0. The summed E-state index contributed by atoms with van der Waals surface area (Å²) in [5, 5.41) is 3.56. The van der Waals surface area contributed by atoms with Gasteiger partial charge in [-0.15, -0.1) is 0 Å². The molecule has 0 atom stereocenters. The lowest BCUT2D eigenvalue weighted by Gasteiger charge is -2.26. The Morgan fingerprint density at radius 1 is 1.33 bits per heavy atom. The third kappa shape index (κ3) is 4.52. The van der Waals surface area contributed by atoms with Crippen molar-refractivity contribution < 1.29 is 4.74 Å². The van der Waals surface area contributed by atoms with Gasteiger partial charge in [-0.25, -0.2) is 0 Å². The Bertz CT molecular complexity index is 195. The van der Waals surface area contributed by atoms with E-state index in [0.717, 1.165) is 0 Å². The summed E-state index contributed by atoms with van der Waals surface area (Å²) in [7, 11) is 1.81. The van der Waals surface area contributed by atoms with Crippen molar-refractivity contribution in [1.29, 1.82) is 0 Å². The molecule has 1 fully saturated rings. The molecule has 1 rings (SSSR count). The van der Waals surface area contributed by atoms with Crippen molar-refractivity contribution in [2.45, 2.75) is 65.0 Å². The fraction of sp³-hybridized carbons (Fsp3) is 1.00. The fourth-order valence-electron chi connectivity index (χ4n) is 1.78. The zero-order valence-corrected chi connectivity index (χ0v) is 11.0.